The van der Waals surface area contributed by atoms with Gasteiger partial charge < -0.3 is 24.1 Å². The molecule has 0 bridgehead atoms. The number of ether oxygens (including phenoxy) is 2. The molecule has 0 aliphatic carbocycles. The molecule has 1 aromatic carbocycles. The highest BCUT2D eigenvalue weighted by Crippen LogP contribution is 2.35. The van der Waals surface area contributed by atoms with E-state index in [4.69, 9.17) is 9.47 Å². The Morgan fingerprint density at radius 1 is 1.12 bits per heavy atom. The number of Topliss-reactive ketones (excluding diaryl/α,β-unsaturated/α-hetero) is 1. The fourth-order valence-electron chi connectivity index (χ4n) is 5.29. The summed E-state index contributed by atoms with van der Waals surface area (Å²) >= 11 is 0. The molecule has 8 heteroatoms. The topological polar surface area (TPSA) is 67.8 Å². The Morgan fingerprint density at radius 3 is 2.45 bits per heavy atom. The van der Waals surface area contributed by atoms with Gasteiger partial charge in [0.1, 0.15) is 24.0 Å². The average Bonchev–Trinajstić information content (AvgIpc) is 3.51. The summed E-state index contributed by atoms with van der Waals surface area (Å²) in [6.45, 7) is 8.01. The number of benzene rings is 1. The van der Waals surface area contributed by atoms with Crippen molar-refractivity contribution in [1.29, 1.82) is 0 Å². The molecule has 4 heterocycles. The number of carbonyl (C=O) groups excluding carboxylic acids is 1. The predicted octanol–water partition coefficient (Wildman–Crippen LogP) is 3.44. The lowest BCUT2D eigenvalue weighted by molar-refractivity contribution is -0.117. The number of rotatable bonds is 7. The summed E-state index contributed by atoms with van der Waals surface area (Å²) in [6.07, 6.45) is 2.77. The highest BCUT2D eigenvalue weighted by atomic mass is 19.1. The second-order valence-electron chi connectivity index (χ2n) is 9.65. The quantitative estimate of drug-likeness (QED) is 0.635. The lowest BCUT2D eigenvalue weighted by Crippen LogP contribution is -2.29. The van der Waals surface area contributed by atoms with Crippen molar-refractivity contribution in [2.24, 2.45) is 11.8 Å². The van der Waals surface area contributed by atoms with Gasteiger partial charge in [-0.1, -0.05) is 19.1 Å². The molecule has 3 aliphatic rings. The molecule has 3 fully saturated rings. The van der Waals surface area contributed by atoms with E-state index in [-0.39, 0.29) is 23.6 Å². The molecule has 2 unspecified atom stereocenters. The zero-order chi connectivity index (χ0) is 22.9. The normalized spacial score (nSPS) is 25.4. The smallest absolute Gasteiger partial charge is 0.208 e. The van der Waals surface area contributed by atoms with Crippen LogP contribution in [0.3, 0.4) is 0 Å². The molecule has 176 valence electrons. The van der Waals surface area contributed by atoms with Crippen LogP contribution in [0, 0.1) is 17.7 Å². The average molecular weight is 455 g/mol. The van der Waals surface area contributed by atoms with E-state index in [0.717, 1.165) is 44.0 Å². The Labute approximate surface area is 193 Å². The summed E-state index contributed by atoms with van der Waals surface area (Å²) in [6, 6.07) is 7.93. The van der Waals surface area contributed by atoms with E-state index in [0.29, 0.717) is 43.0 Å². The second kappa shape index (κ2) is 9.25. The van der Waals surface area contributed by atoms with E-state index in [1.165, 1.54) is 6.33 Å². The van der Waals surface area contributed by atoms with Crippen LogP contribution in [-0.2, 0) is 9.53 Å². The van der Waals surface area contributed by atoms with Crippen LogP contribution in [0.25, 0.3) is 0 Å². The summed E-state index contributed by atoms with van der Waals surface area (Å²) in [5, 5.41) is 0. The molecule has 4 atom stereocenters. The Morgan fingerprint density at radius 2 is 1.79 bits per heavy atom. The van der Waals surface area contributed by atoms with Crippen molar-refractivity contribution in [1.82, 2.24) is 9.97 Å². The maximum Gasteiger partial charge on any atom is 0.208 e. The number of ketones is 1. The van der Waals surface area contributed by atoms with Crippen molar-refractivity contribution in [3.63, 3.8) is 0 Å². The molecule has 33 heavy (non-hydrogen) atoms. The van der Waals surface area contributed by atoms with Crippen LogP contribution in [-0.4, -0.2) is 61.2 Å². The highest BCUT2D eigenvalue weighted by molar-refractivity contribution is 5.76. The van der Waals surface area contributed by atoms with Crippen LogP contribution in [0.2, 0.25) is 0 Å². The zero-order valence-corrected chi connectivity index (χ0v) is 19.2. The van der Waals surface area contributed by atoms with Crippen LogP contribution in [0.1, 0.15) is 38.2 Å². The maximum atomic E-state index is 15.4. The number of anilines is 2. The molecule has 7 nitrogen and oxygen atoms in total. The molecule has 1 aromatic heterocycles. The monoisotopic (exact) mass is 454 g/mol. The highest BCUT2D eigenvalue weighted by Gasteiger charge is 2.39. The number of hydrogen-bond donors (Lipinski definition) is 0. The van der Waals surface area contributed by atoms with Crippen LogP contribution >= 0.6 is 0 Å². The van der Waals surface area contributed by atoms with Gasteiger partial charge in [0.15, 0.2) is 11.6 Å². The summed E-state index contributed by atoms with van der Waals surface area (Å²) in [5.74, 6) is 2.50. The minimum absolute atomic E-state index is 0.0356. The van der Waals surface area contributed by atoms with Gasteiger partial charge in [0.05, 0.1) is 19.8 Å². The van der Waals surface area contributed by atoms with Crippen molar-refractivity contribution in [3.05, 3.63) is 42.0 Å². The first-order chi connectivity index (χ1) is 16.0. The van der Waals surface area contributed by atoms with Gasteiger partial charge in [-0.15, -0.1) is 0 Å². The van der Waals surface area contributed by atoms with E-state index < -0.39 is 0 Å². The van der Waals surface area contributed by atoms with Gasteiger partial charge in [0, 0.05) is 44.3 Å². The molecule has 0 radical (unpaired) electrons. The number of halogens is 1. The first-order valence-corrected chi connectivity index (χ1v) is 11.8. The molecule has 0 spiro atoms. The standard InChI is InChI=1S/C25H31FN4O3/c1-16(9-17(2)31)18-3-5-21(6-4-18)33-22-7-8-29(12-22)24-23(26)25(28-15-27-24)30-10-19-13-32-14-20(19)11-30/h3-6,15-16,19-20,22H,7-14H2,1-2H3/t16-,19?,20?,22-/m1/s1. The third-order valence-electron chi connectivity index (χ3n) is 7.08. The fraction of sp³-hybridized carbons (Fsp3) is 0.560. The van der Waals surface area contributed by atoms with Gasteiger partial charge in [-0.3, -0.25) is 0 Å². The summed E-state index contributed by atoms with van der Waals surface area (Å²) in [4.78, 5) is 23.9. The summed E-state index contributed by atoms with van der Waals surface area (Å²) in [5.41, 5.74) is 1.12. The maximum absolute atomic E-state index is 15.4. The number of aromatic nitrogens is 2. The third kappa shape index (κ3) is 4.67. The fourth-order valence-corrected chi connectivity index (χ4v) is 5.29. The SMILES string of the molecule is CC(=O)C[C@@H](C)c1ccc(O[C@@H]2CCN(c3ncnc(N4CC5COCC5C4)c3F)C2)cc1. The van der Waals surface area contributed by atoms with Gasteiger partial charge in [-0.25, -0.2) is 9.97 Å². The Balaban J connectivity index is 1.21. The van der Waals surface area contributed by atoms with E-state index in [1.807, 2.05) is 34.1 Å². The molecular formula is C25H31FN4O3. The number of carbonyl (C=O) groups is 1. The summed E-state index contributed by atoms with van der Waals surface area (Å²) < 4.78 is 27.1. The van der Waals surface area contributed by atoms with Crippen molar-refractivity contribution >= 4 is 17.4 Å². The molecule has 0 saturated carbocycles. The predicted molar refractivity (Wildman–Crippen MR) is 123 cm³/mol. The van der Waals surface area contributed by atoms with E-state index in [1.54, 1.807) is 6.92 Å². The molecule has 0 N–H and O–H groups in total. The molecule has 3 aliphatic heterocycles. The Hall–Kier alpha value is -2.74. The van der Waals surface area contributed by atoms with Crippen molar-refractivity contribution in [3.8, 4) is 5.75 Å². The molecule has 5 rings (SSSR count). The molecule has 0 amide bonds. The van der Waals surface area contributed by atoms with E-state index in [2.05, 4.69) is 16.9 Å². The van der Waals surface area contributed by atoms with Crippen molar-refractivity contribution in [2.45, 2.75) is 38.7 Å². The summed E-state index contributed by atoms with van der Waals surface area (Å²) in [7, 11) is 0. The van der Waals surface area contributed by atoms with Crippen molar-refractivity contribution < 1.29 is 18.7 Å². The Kier molecular flexibility index (Phi) is 6.19. The van der Waals surface area contributed by atoms with Crippen LogP contribution in [0.4, 0.5) is 16.0 Å². The first-order valence-electron chi connectivity index (χ1n) is 11.8. The number of nitrogens with zero attached hydrogens (tertiary/aromatic N) is 4. The van der Waals surface area contributed by atoms with Crippen LogP contribution in [0.5, 0.6) is 5.75 Å². The molecule has 2 aromatic rings. The molecule has 3 saturated heterocycles. The first kappa shape index (κ1) is 22.1. The second-order valence-corrected chi connectivity index (χ2v) is 9.65. The third-order valence-corrected chi connectivity index (χ3v) is 7.08. The van der Waals surface area contributed by atoms with E-state index in [9.17, 15) is 4.79 Å². The zero-order valence-electron chi connectivity index (χ0n) is 19.2. The Bertz CT molecular complexity index is 990. The minimum atomic E-state index is -0.345. The van der Waals surface area contributed by atoms with Gasteiger partial charge in [-0.2, -0.15) is 4.39 Å². The van der Waals surface area contributed by atoms with Gasteiger partial charge in [-0.05, 0) is 30.5 Å². The largest absolute Gasteiger partial charge is 0.489 e. The number of fused-ring (bicyclic) bond motifs is 1. The van der Waals surface area contributed by atoms with Crippen LogP contribution < -0.4 is 14.5 Å². The van der Waals surface area contributed by atoms with Gasteiger partial charge in [0.2, 0.25) is 5.82 Å². The van der Waals surface area contributed by atoms with Gasteiger partial charge in [0.25, 0.3) is 0 Å². The van der Waals surface area contributed by atoms with Crippen LogP contribution in [0.15, 0.2) is 30.6 Å². The lowest BCUT2D eigenvalue weighted by Gasteiger charge is -2.23. The number of hydrogen-bond acceptors (Lipinski definition) is 7. The molecular weight excluding hydrogens is 423 g/mol. The lowest BCUT2D eigenvalue weighted by atomic mass is 9.96. The van der Waals surface area contributed by atoms with Gasteiger partial charge >= 0.3 is 0 Å². The van der Waals surface area contributed by atoms with Crippen molar-refractivity contribution in [2.75, 3.05) is 49.2 Å². The minimum Gasteiger partial charge on any atom is -0.489 e. The van der Waals surface area contributed by atoms with E-state index >= 15 is 4.39 Å².